The number of carbonyl (C=O) groups excluding carboxylic acids is 1. The van der Waals surface area contributed by atoms with Gasteiger partial charge in [0.15, 0.2) is 0 Å². The van der Waals surface area contributed by atoms with Crippen molar-refractivity contribution in [1.82, 2.24) is 5.32 Å². The van der Waals surface area contributed by atoms with Crippen LogP contribution in [0.1, 0.15) is 37.7 Å². The van der Waals surface area contributed by atoms with Gasteiger partial charge in [0, 0.05) is 12.3 Å². The standard InChI is InChI=1S/C19H26N2O2/c1-23-19(22)18(20-12-14-7-3-2-4-8-14)11-15-13-21-17-10-6-5-9-16(15)17/h2-4,7-8,12,15-18,21H,5-6,9-11,13H2,1H3. The van der Waals surface area contributed by atoms with Crippen LogP contribution < -0.4 is 5.32 Å². The zero-order valence-corrected chi connectivity index (χ0v) is 13.8. The highest BCUT2D eigenvalue weighted by Crippen LogP contribution is 2.37. The number of aliphatic imine (C=N–C) groups is 1. The minimum Gasteiger partial charge on any atom is -0.467 e. The lowest BCUT2D eigenvalue weighted by molar-refractivity contribution is -0.142. The molecule has 1 aliphatic carbocycles. The molecule has 4 atom stereocenters. The second-order valence-corrected chi connectivity index (χ2v) is 6.69. The first kappa shape index (κ1) is 16.2. The Hall–Kier alpha value is -1.68. The molecule has 0 radical (unpaired) electrons. The molecule has 0 aromatic heterocycles. The molecule has 0 bridgehead atoms. The van der Waals surface area contributed by atoms with Crippen molar-refractivity contribution in [2.45, 2.75) is 44.2 Å². The van der Waals surface area contributed by atoms with E-state index in [1.165, 1.54) is 32.8 Å². The molecule has 1 N–H and O–H groups in total. The fourth-order valence-corrected chi connectivity index (χ4v) is 4.05. The van der Waals surface area contributed by atoms with E-state index in [2.05, 4.69) is 10.3 Å². The van der Waals surface area contributed by atoms with E-state index in [9.17, 15) is 4.79 Å². The summed E-state index contributed by atoms with van der Waals surface area (Å²) in [4.78, 5) is 16.7. The molecule has 0 amide bonds. The number of hydrogen-bond acceptors (Lipinski definition) is 4. The van der Waals surface area contributed by atoms with Crippen LogP contribution in [0.25, 0.3) is 0 Å². The topological polar surface area (TPSA) is 50.7 Å². The summed E-state index contributed by atoms with van der Waals surface area (Å²) in [6.45, 7) is 1.00. The van der Waals surface area contributed by atoms with E-state index < -0.39 is 6.04 Å². The molecule has 4 nitrogen and oxygen atoms in total. The molecule has 1 aromatic rings. The van der Waals surface area contributed by atoms with Crippen LogP contribution in [0.2, 0.25) is 0 Å². The quantitative estimate of drug-likeness (QED) is 0.671. The minimum absolute atomic E-state index is 0.226. The average molecular weight is 314 g/mol. The SMILES string of the molecule is COC(=O)C(CC1CNC2CCCCC12)N=Cc1ccccc1. The second kappa shape index (κ2) is 7.73. The van der Waals surface area contributed by atoms with Gasteiger partial charge in [0.25, 0.3) is 0 Å². The smallest absolute Gasteiger partial charge is 0.330 e. The normalized spacial score (nSPS) is 28.5. The van der Waals surface area contributed by atoms with Crippen molar-refractivity contribution in [3.63, 3.8) is 0 Å². The number of hydrogen-bond donors (Lipinski definition) is 1. The van der Waals surface area contributed by atoms with Crippen molar-refractivity contribution in [2.75, 3.05) is 13.7 Å². The largest absolute Gasteiger partial charge is 0.467 e. The zero-order valence-electron chi connectivity index (χ0n) is 13.8. The number of fused-ring (bicyclic) bond motifs is 1. The van der Waals surface area contributed by atoms with Gasteiger partial charge in [0.2, 0.25) is 0 Å². The molecule has 3 rings (SSSR count). The minimum atomic E-state index is -0.396. The Morgan fingerprint density at radius 2 is 2.13 bits per heavy atom. The van der Waals surface area contributed by atoms with E-state index in [0.29, 0.717) is 17.9 Å². The molecule has 2 fully saturated rings. The number of rotatable bonds is 5. The highest BCUT2D eigenvalue weighted by atomic mass is 16.5. The van der Waals surface area contributed by atoms with Crippen molar-refractivity contribution in [1.29, 1.82) is 0 Å². The lowest BCUT2D eigenvalue weighted by atomic mass is 9.78. The highest BCUT2D eigenvalue weighted by molar-refractivity contribution is 5.83. The van der Waals surface area contributed by atoms with Gasteiger partial charge in [0.05, 0.1) is 7.11 Å². The maximum atomic E-state index is 12.1. The molecular formula is C19H26N2O2. The van der Waals surface area contributed by atoms with Gasteiger partial charge >= 0.3 is 5.97 Å². The third-order valence-corrected chi connectivity index (χ3v) is 5.27. The summed E-state index contributed by atoms with van der Waals surface area (Å²) >= 11 is 0. The molecule has 1 saturated heterocycles. The van der Waals surface area contributed by atoms with E-state index in [1.807, 2.05) is 30.3 Å². The third-order valence-electron chi connectivity index (χ3n) is 5.27. The first-order chi connectivity index (χ1) is 11.3. The summed E-state index contributed by atoms with van der Waals surface area (Å²) in [5, 5.41) is 3.64. The molecule has 1 aromatic carbocycles. The number of methoxy groups -OCH3 is 1. The van der Waals surface area contributed by atoms with Crippen LogP contribution in [-0.2, 0) is 9.53 Å². The summed E-state index contributed by atoms with van der Waals surface area (Å²) in [5.41, 5.74) is 1.02. The summed E-state index contributed by atoms with van der Waals surface area (Å²) < 4.78 is 4.97. The van der Waals surface area contributed by atoms with E-state index >= 15 is 0 Å². The monoisotopic (exact) mass is 314 g/mol. The average Bonchev–Trinajstić information content (AvgIpc) is 3.02. The molecule has 1 aliphatic heterocycles. The first-order valence-electron chi connectivity index (χ1n) is 8.67. The Kier molecular flexibility index (Phi) is 5.44. The Balaban J connectivity index is 1.67. The number of nitrogens with one attached hydrogen (secondary N) is 1. The van der Waals surface area contributed by atoms with E-state index in [0.717, 1.165) is 18.5 Å². The molecule has 1 saturated carbocycles. The van der Waals surface area contributed by atoms with Crippen molar-refractivity contribution in [3.8, 4) is 0 Å². The third kappa shape index (κ3) is 3.99. The lowest BCUT2D eigenvalue weighted by Crippen LogP contribution is -2.31. The van der Waals surface area contributed by atoms with Crippen molar-refractivity contribution < 1.29 is 9.53 Å². The number of ether oxygens (including phenoxy) is 1. The molecule has 0 spiro atoms. The van der Waals surface area contributed by atoms with Crippen LogP contribution in [0.4, 0.5) is 0 Å². The van der Waals surface area contributed by atoms with Gasteiger partial charge in [0.1, 0.15) is 6.04 Å². The highest BCUT2D eigenvalue weighted by Gasteiger charge is 2.39. The van der Waals surface area contributed by atoms with Crippen LogP contribution >= 0.6 is 0 Å². The summed E-state index contributed by atoms with van der Waals surface area (Å²) in [6, 6.07) is 10.2. The Morgan fingerprint density at radius 3 is 2.91 bits per heavy atom. The molecule has 2 aliphatic rings. The number of benzene rings is 1. The Bertz CT molecular complexity index is 544. The van der Waals surface area contributed by atoms with E-state index in [-0.39, 0.29) is 5.97 Å². The van der Waals surface area contributed by atoms with Gasteiger partial charge in [-0.1, -0.05) is 43.2 Å². The van der Waals surface area contributed by atoms with Gasteiger partial charge in [-0.3, -0.25) is 4.99 Å². The zero-order chi connectivity index (χ0) is 16.1. The fourth-order valence-electron chi connectivity index (χ4n) is 4.05. The van der Waals surface area contributed by atoms with Crippen LogP contribution in [-0.4, -0.2) is 37.9 Å². The first-order valence-corrected chi connectivity index (χ1v) is 8.67. The molecule has 124 valence electrons. The van der Waals surface area contributed by atoms with Crippen LogP contribution in [0.15, 0.2) is 35.3 Å². The molecule has 4 heteroatoms. The molecule has 1 heterocycles. The maximum Gasteiger partial charge on any atom is 0.330 e. The van der Waals surface area contributed by atoms with Crippen molar-refractivity contribution >= 4 is 12.2 Å². The number of esters is 1. The van der Waals surface area contributed by atoms with Crippen molar-refractivity contribution in [2.24, 2.45) is 16.8 Å². The summed E-state index contributed by atoms with van der Waals surface area (Å²) in [7, 11) is 1.45. The predicted octanol–water partition coefficient (Wildman–Crippen LogP) is 2.82. The molecular weight excluding hydrogens is 288 g/mol. The number of carbonyl (C=O) groups is 1. The second-order valence-electron chi connectivity index (χ2n) is 6.69. The maximum absolute atomic E-state index is 12.1. The predicted molar refractivity (Wildman–Crippen MR) is 91.7 cm³/mol. The van der Waals surface area contributed by atoms with E-state index in [1.54, 1.807) is 6.21 Å². The Morgan fingerprint density at radius 1 is 1.35 bits per heavy atom. The lowest BCUT2D eigenvalue weighted by Gasteiger charge is -2.29. The summed E-state index contributed by atoms with van der Waals surface area (Å²) in [6.07, 6.45) is 7.77. The van der Waals surface area contributed by atoms with Crippen molar-refractivity contribution in [3.05, 3.63) is 35.9 Å². The van der Waals surface area contributed by atoms with E-state index in [4.69, 9.17) is 4.74 Å². The van der Waals surface area contributed by atoms with Gasteiger partial charge in [-0.2, -0.15) is 0 Å². The fraction of sp³-hybridized carbons (Fsp3) is 0.579. The van der Waals surface area contributed by atoms with Crippen LogP contribution in [0.3, 0.4) is 0 Å². The Labute approximate surface area is 138 Å². The summed E-state index contributed by atoms with van der Waals surface area (Å²) in [5.74, 6) is 0.997. The van der Waals surface area contributed by atoms with Gasteiger partial charge < -0.3 is 10.1 Å². The molecule has 4 unspecified atom stereocenters. The number of nitrogens with zero attached hydrogens (tertiary/aromatic N) is 1. The van der Waals surface area contributed by atoms with Crippen LogP contribution in [0, 0.1) is 11.8 Å². The van der Waals surface area contributed by atoms with Gasteiger partial charge in [-0.25, -0.2) is 4.79 Å². The van der Waals surface area contributed by atoms with Crippen LogP contribution in [0.5, 0.6) is 0 Å². The van der Waals surface area contributed by atoms with Gasteiger partial charge in [-0.15, -0.1) is 0 Å². The van der Waals surface area contributed by atoms with Gasteiger partial charge in [-0.05, 0) is 43.2 Å². The molecule has 23 heavy (non-hydrogen) atoms.